The van der Waals surface area contributed by atoms with E-state index in [-0.39, 0.29) is 12.3 Å². The summed E-state index contributed by atoms with van der Waals surface area (Å²) in [6.45, 7) is 4.27. The summed E-state index contributed by atoms with van der Waals surface area (Å²) in [4.78, 5) is 15.7. The van der Waals surface area contributed by atoms with Crippen molar-refractivity contribution in [2.45, 2.75) is 20.4 Å². The highest BCUT2D eigenvalue weighted by Crippen LogP contribution is 2.10. The Hall–Kier alpha value is -1.97. The lowest BCUT2D eigenvalue weighted by molar-refractivity contribution is 0.0967. The molecular formula is C12H13N3O. The van der Waals surface area contributed by atoms with E-state index in [1.807, 2.05) is 32.0 Å². The van der Waals surface area contributed by atoms with E-state index in [1.54, 1.807) is 6.33 Å². The van der Waals surface area contributed by atoms with Crippen LogP contribution in [0.5, 0.6) is 0 Å². The molecule has 0 spiro atoms. The fraction of sp³-hybridized carbons (Fsp3) is 0.250. The Labute approximate surface area is 93.9 Å². The largest absolute Gasteiger partial charge is 0.292 e. The minimum atomic E-state index is 0.0496. The first-order chi connectivity index (χ1) is 7.66. The highest BCUT2D eigenvalue weighted by Gasteiger charge is 2.07. The molecule has 2 rings (SSSR count). The van der Waals surface area contributed by atoms with Crippen molar-refractivity contribution in [3.8, 4) is 0 Å². The van der Waals surface area contributed by atoms with Gasteiger partial charge in [0.2, 0.25) is 0 Å². The monoisotopic (exact) mass is 215 g/mol. The quantitative estimate of drug-likeness (QED) is 0.733. The Balaban J connectivity index is 2.18. The number of Topliss-reactive ketones (excluding diaryl/α,β-unsaturated/α-hetero) is 1. The molecule has 16 heavy (non-hydrogen) atoms. The van der Waals surface area contributed by atoms with Gasteiger partial charge in [-0.2, -0.15) is 5.10 Å². The Morgan fingerprint density at radius 2 is 2.12 bits per heavy atom. The molecular weight excluding hydrogens is 202 g/mol. The van der Waals surface area contributed by atoms with Crippen LogP contribution in [-0.4, -0.2) is 20.5 Å². The molecule has 0 radical (unpaired) electrons. The van der Waals surface area contributed by atoms with Gasteiger partial charge in [0.1, 0.15) is 19.2 Å². The average Bonchev–Trinajstić information content (AvgIpc) is 2.74. The molecule has 0 amide bonds. The summed E-state index contributed by atoms with van der Waals surface area (Å²) in [6, 6.07) is 5.72. The molecule has 4 nitrogen and oxygen atoms in total. The molecule has 0 saturated heterocycles. The maximum Gasteiger partial charge on any atom is 0.184 e. The van der Waals surface area contributed by atoms with E-state index in [9.17, 15) is 4.79 Å². The smallest absolute Gasteiger partial charge is 0.184 e. The summed E-state index contributed by atoms with van der Waals surface area (Å²) in [5, 5.41) is 3.91. The molecule has 0 saturated carbocycles. The predicted molar refractivity (Wildman–Crippen MR) is 60.3 cm³/mol. The van der Waals surface area contributed by atoms with Crippen molar-refractivity contribution >= 4 is 5.78 Å². The Bertz CT molecular complexity index is 503. The molecule has 82 valence electrons. The predicted octanol–water partition coefficient (Wildman–Crippen LogP) is 1.78. The Morgan fingerprint density at radius 3 is 2.75 bits per heavy atom. The number of hydrogen-bond acceptors (Lipinski definition) is 3. The average molecular weight is 215 g/mol. The minimum absolute atomic E-state index is 0.0496. The molecule has 1 aromatic carbocycles. The van der Waals surface area contributed by atoms with E-state index in [0.29, 0.717) is 0 Å². The molecule has 0 unspecified atom stereocenters. The first-order valence-electron chi connectivity index (χ1n) is 5.09. The van der Waals surface area contributed by atoms with Gasteiger partial charge in [0.25, 0.3) is 0 Å². The third-order valence-electron chi connectivity index (χ3n) is 2.60. The molecule has 1 heterocycles. The van der Waals surface area contributed by atoms with E-state index in [1.165, 1.54) is 16.6 Å². The highest BCUT2D eigenvalue weighted by molar-refractivity contribution is 5.96. The summed E-state index contributed by atoms with van der Waals surface area (Å²) >= 11 is 0. The standard InChI is InChI=1S/C12H13N3O/c1-9-3-4-11(5-10(9)2)12(16)6-15-8-13-7-14-15/h3-5,7-8H,6H2,1-2H3. The van der Waals surface area contributed by atoms with Gasteiger partial charge < -0.3 is 0 Å². The number of benzene rings is 1. The number of rotatable bonds is 3. The van der Waals surface area contributed by atoms with Crippen molar-refractivity contribution in [1.82, 2.24) is 14.8 Å². The molecule has 0 aliphatic rings. The summed E-state index contributed by atoms with van der Waals surface area (Å²) < 4.78 is 1.53. The number of carbonyl (C=O) groups is 1. The lowest BCUT2D eigenvalue weighted by Crippen LogP contribution is -2.11. The van der Waals surface area contributed by atoms with E-state index in [0.717, 1.165) is 11.1 Å². The van der Waals surface area contributed by atoms with Gasteiger partial charge in [-0.3, -0.25) is 4.79 Å². The Morgan fingerprint density at radius 1 is 1.31 bits per heavy atom. The molecule has 1 aromatic heterocycles. The van der Waals surface area contributed by atoms with Crippen molar-refractivity contribution < 1.29 is 4.79 Å². The first kappa shape index (κ1) is 10.5. The van der Waals surface area contributed by atoms with Gasteiger partial charge in [0.15, 0.2) is 5.78 Å². The van der Waals surface area contributed by atoms with E-state index in [4.69, 9.17) is 0 Å². The van der Waals surface area contributed by atoms with Crippen LogP contribution in [0.3, 0.4) is 0 Å². The van der Waals surface area contributed by atoms with Crippen molar-refractivity contribution in [2.75, 3.05) is 0 Å². The van der Waals surface area contributed by atoms with Gasteiger partial charge >= 0.3 is 0 Å². The lowest BCUT2D eigenvalue weighted by atomic mass is 10.0. The number of ketones is 1. The van der Waals surface area contributed by atoms with Gasteiger partial charge in [-0.15, -0.1) is 0 Å². The highest BCUT2D eigenvalue weighted by atomic mass is 16.1. The number of nitrogens with zero attached hydrogens (tertiary/aromatic N) is 3. The zero-order valence-electron chi connectivity index (χ0n) is 9.34. The van der Waals surface area contributed by atoms with E-state index < -0.39 is 0 Å². The van der Waals surface area contributed by atoms with Crippen molar-refractivity contribution in [2.24, 2.45) is 0 Å². The van der Waals surface area contributed by atoms with Gasteiger partial charge in [-0.1, -0.05) is 12.1 Å². The zero-order valence-corrected chi connectivity index (χ0v) is 9.34. The SMILES string of the molecule is Cc1ccc(C(=O)Cn2cncn2)cc1C. The molecule has 2 aromatic rings. The van der Waals surface area contributed by atoms with Crippen LogP contribution in [0.15, 0.2) is 30.9 Å². The fourth-order valence-electron chi connectivity index (χ4n) is 1.47. The van der Waals surface area contributed by atoms with Crippen LogP contribution < -0.4 is 0 Å². The number of carbonyl (C=O) groups excluding carboxylic acids is 1. The minimum Gasteiger partial charge on any atom is -0.292 e. The number of hydrogen-bond donors (Lipinski definition) is 0. The summed E-state index contributed by atoms with van der Waals surface area (Å²) in [5.74, 6) is 0.0496. The van der Waals surface area contributed by atoms with Crippen LogP contribution in [-0.2, 0) is 6.54 Å². The van der Waals surface area contributed by atoms with Crippen LogP contribution in [0.1, 0.15) is 21.5 Å². The second kappa shape index (κ2) is 4.26. The van der Waals surface area contributed by atoms with Gasteiger partial charge in [-0.05, 0) is 31.0 Å². The van der Waals surface area contributed by atoms with Crippen molar-refractivity contribution in [3.63, 3.8) is 0 Å². The molecule has 0 N–H and O–H groups in total. The van der Waals surface area contributed by atoms with Crippen LogP contribution in [0.25, 0.3) is 0 Å². The topological polar surface area (TPSA) is 47.8 Å². The van der Waals surface area contributed by atoms with Crippen molar-refractivity contribution in [3.05, 3.63) is 47.5 Å². The number of aromatic nitrogens is 3. The van der Waals surface area contributed by atoms with Crippen LogP contribution in [0.2, 0.25) is 0 Å². The second-order valence-electron chi connectivity index (χ2n) is 3.82. The van der Waals surface area contributed by atoms with Crippen molar-refractivity contribution in [1.29, 1.82) is 0 Å². The fourth-order valence-corrected chi connectivity index (χ4v) is 1.47. The summed E-state index contributed by atoms with van der Waals surface area (Å²) in [6.07, 6.45) is 2.96. The Kier molecular flexibility index (Phi) is 2.81. The third kappa shape index (κ3) is 2.16. The van der Waals surface area contributed by atoms with Crippen LogP contribution in [0.4, 0.5) is 0 Å². The van der Waals surface area contributed by atoms with Gasteiger partial charge in [-0.25, -0.2) is 9.67 Å². The van der Waals surface area contributed by atoms with Gasteiger partial charge in [0.05, 0.1) is 0 Å². The zero-order chi connectivity index (χ0) is 11.5. The van der Waals surface area contributed by atoms with E-state index in [2.05, 4.69) is 10.1 Å². The summed E-state index contributed by atoms with van der Waals surface area (Å²) in [7, 11) is 0. The third-order valence-corrected chi connectivity index (χ3v) is 2.60. The molecule has 4 heteroatoms. The maximum absolute atomic E-state index is 11.9. The lowest BCUT2D eigenvalue weighted by Gasteiger charge is -2.04. The van der Waals surface area contributed by atoms with Crippen LogP contribution >= 0.6 is 0 Å². The maximum atomic E-state index is 11.9. The van der Waals surface area contributed by atoms with E-state index >= 15 is 0 Å². The van der Waals surface area contributed by atoms with Crippen LogP contribution in [0, 0.1) is 13.8 Å². The molecule has 0 bridgehead atoms. The summed E-state index contributed by atoms with van der Waals surface area (Å²) in [5.41, 5.74) is 3.04. The normalized spacial score (nSPS) is 10.4. The molecule has 0 fully saturated rings. The number of aryl methyl sites for hydroxylation is 2. The molecule has 0 aliphatic heterocycles. The first-order valence-corrected chi connectivity index (χ1v) is 5.09. The molecule has 0 atom stereocenters. The second-order valence-corrected chi connectivity index (χ2v) is 3.82. The molecule has 0 aliphatic carbocycles. The van der Waals surface area contributed by atoms with Gasteiger partial charge in [0, 0.05) is 5.56 Å².